The summed E-state index contributed by atoms with van der Waals surface area (Å²) in [5.41, 5.74) is -1.88. The summed E-state index contributed by atoms with van der Waals surface area (Å²) in [6, 6.07) is 0. The fraction of sp³-hybridized carbons (Fsp3) is 0.556. The maximum absolute atomic E-state index is 11.5. The summed E-state index contributed by atoms with van der Waals surface area (Å²) < 4.78 is 5.81. The first kappa shape index (κ1) is 12.8. The Bertz CT molecular complexity index is 551. The van der Waals surface area contributed by atoms with Gasteiger partial charge in [-0.15, -0.1) is 0 Å². The molecule has 1 aliphatic rings. The number of aromatic hydroxyl groups is 1. The van der Waals surface area contributed by atoms with Gasteiger partial charge in [0, 0.05) is 0 Å². The van der Waals surface area contributed by atoms with E-state index in [-0.39, 0.29) is 0 Å². The zero-order valence-corrected chi connectivity index (χ0v) is 9.05. The van der Waals surface area contributed by atoms with Crippen LogP contribution in [0.15, 0.2) is 15.8 Å². The molecule has 1 fully saturated rings. The maximum Gasteiger partial charge on any atom is 0.330 e. The van der Waals surface area contributed by atoms with Gasteiger partial charge in [-0.25, -0.2) is 4.79 Å². The third kappa shape index (κ3) is 1.93. The van der Waals surface area contributed by atoms with Crippen molar-refractivity contribution in [1.82, 2.24) is 9.55 Å². The van der Waals surface area contributed by atoms with Crippen LogP contribution in [0.4, 0.5) is 0 Å². The van der Waals surface area contributed by atoms with Crippen LogP contribution in [0.5, 0.6) is 5.75 Å². The van der Waals surface area contributed by atoms with Gasteiger partial charge in [0.15, 0.2) is 12.0 Å². The number of rotatable bonds is 2. The summed E-state index contributed by atoms with van der Waals surface area (Å²) >= 11 is 0. The smallest absolute Gasteiger partial charge is 0.330 e. The van der Waals surface area contributed by atoms with Crippen LogP contribution in [-0.4, -0.2) is 54.9 Å². The topological polar surface area (TPSA) is 145 Å². The second-order valence-corrected chi connectivity index (χ2v) is 3.91. The number of nitrogens with one attached hydrogen (secondary N) is 1. The maximum atomic E-state index is 11.5. The van der Waals surface area contributed by atoms with Crippen LogP contribution >= 0.6 is 0 Å². The van der Waals surface area contributed by atoms with Crippen LogP contribution in [0.25, 0.3) is 0 Å². The van der Waals surface area contributed by atoms with Crippen molar-refractivity contribution >= 4 is 0 Å². The number of H-pyrrole nitrogens is 1. The molecule has 0 aliphatic carbocycles. The van der Waals surface area contributed by atoms with E-state index in [0.29, 0.717) is 0 Å². The molecule has 2 heterocycles. The van der Waals surface area contributed by atoms with Crippen molar-refractivity contribution in [1.29, 1.82) is 0 Å². The highest BCUT2D eigenvalue weighted by atomic mass is 16.6. The molecule has 1 saturated heterocycles. The Labute approximate surface area is 99.5 Å². The van der Waals surface area contributed by atoms with Crippen LogP contribution in [0, 0.1) is 0 Å². The lowest BCUT2D eigenvalue weighted by molar-refractivity contribution is -0.0552. The summed E-state index contributed by atoms with van der Waals surface area (Å²) in [5.74, 6) is -0.729. The van der Waals surface area contributed by atoms with Crippen molar-refractivity contribution in [3.63, 3.8) is 0 Å². The van der Waals surface area contributed by atoms with Gasteiger partial charge in [-0.05, 0) is 0 Å². The Balaban J connectivity index is 2.42. The molecule has 100 valence electrons. The molecule has 0 radical (unpaired) electrons. The summed E-state index contributed by atoms with van der Waals surface area (Å²) in [7, 11) is 0. The summed E-state index contributed by atoms with van der Waals surface area (Å²) in [6.45, 7) is -0.543. The predicted molar refractivity (Wildman–Crippen MR) is 56.0 cm³/mol. The first-order valence-corrected chi connectivity index (χ1v) is 5.12. The number of aliphatic hydroxyl groups excluding tert-OH is 3. The molecule has 18 heavy (non-hydrogen) atoms. The average molecular weight is 260 g/mol. The summed E-state index contributed by atoms with van der Waals surface area (Å²) in [4.78, 5) is 24.3. The number of nitrogens with zero attached hydrogens (tertiary/aromatic N) is 1. The molecule has 9 heteroatoms. The minimum absolute atomic E-state index is 0.543. The van der Waals surface area contributed by atoms with Crippen molar-refractivity contribution in [2.75, 3.05) is 6.61 Å². The molecule has 0 unspecified atom stereocenters. The van der Waals surface area contributed by atoms with E-state index >= 15 is 0 Å². The molecule has 0 spiro atoms. The Kier molecular flexibility index (Phi) is 3.22. The lowest BCUT2D eigenvalue weighted by Crippen LogP contribution is -2.37. The van der Waals surface area contributed by atoms with Crippen LogP contribution < -0.4 is 11.2 Å². The van der Waals surface area contributed by atoms with Crippen molar-refractivity contribution in [2.24, 2.45) is 0 Å². The van der Waals surface area contributed by atoms with Gasteiger partial charge in [-0.3, -0.25) is 14.3 Å². The third-order valence-corrected chi connectivity index (χ3v) is 2.74. The molecule has 0 aromatic carbocycles. The second-order valence-electron chi connectivity index (χ2n) is 3.91. The predicted octanol–water partition coefficient (Wildman–Crippen LogP) is -3.15. The van der Waals surface area contributed by atoms with Gasteiger partial charge in [0.05, 0.1) is 12.8 Å². The first-order valence-electron chi connectivity index (χ1n) is 5.12. The van der Waals surface area contributed by atoms with Gasteiger partial charge in [0.25, 0.3) is 5.56 Å². The van der Waals surface area contributed by atoms with Gasteiger partial charge >= 0.3 is 5.69 Å². The Hall–Kier alpha value is -1.68. The van der Waals surface area contributed by atoms with Gasteiger partial charge in [-0.2, -0.15) is 0 Å². The molecular weight excluding hydrogens is 248 g/mol. The molecule has 0 amide bonds. The fourth-order valence-electron chi connectivity index (χ4n) is 1.77. The SMILES string of the molecule is O=c1[nH]c(=O)n([C@H]2O[C@H](CO)[C@@H](O)[C@H]2O)cc1O. The first-order chi connectivity index (χ1) is 8.45. The van der Waals surface area contributed by atoms with E-state index in [2.05, 4.69) is 0 Å². The highest BCUT2D eigenvalue weighted by Gasteiger charge is 2.43. The fourth-order valence-corrected chi connectivity index (χ4v) is 1.77. The van der Waals surface area contributed by atoms with Crippen LogP contribution in [0.1, 0.15) is 6.23 Å². The van der Waals surface area contributed by atoms with E-state index in [1.807, 2.05) is 4.98 Å². The van der Waals surface area contributed by atoms with Crippen molar-refractivity contribution in [3.8, 4) is 5.75 Å². The van der Waals surface area contributed by atoms with Crippen molar-refractivity contribution in [2.45, 2.75) is 24.5 Å². The Morgan fingerprint density at radius 1 is 1.33 bits per heavy atom. The number of hydrogen-bond acceptors (Lipinski definition) is 7. The van der Waals surface area contributed by atoms with Gasteiger partial charge in [0.2, 0.25) is 0 Å². The number of aromatic nitrogens is 2. The van der Waals surface area contributed by atoms with E-state index in [9.17, 15) is 24.9 Å². The van der Waals surface area contributed by atoms with Crippen molar-refractivity contribution < 1.29 is 25.2 Å². The van der Waals surface area contributed by atoms with E-state index in [4.69, 9.17) is 9.84 Å². The summed E-state index contributed by atoms with van der Waals surface area (Å²) in [6.07, 6.45) is -4.40. The number of aromatic amines is 1. The number of aliphatic hydroxyl groups is 3. The molecule has 9 nitrogen and oxygen atoms in total. The third-order valence-electron chi connectivity index (χ3n) is 2.74. The highest BCUT2D eigenvalue weighted by molar-refractivity contribution is 5.10. The summed E-state index contributed by atoms with van der Waals surface area (Å²) in [5, 5.41) is 37.3. The molecular formula is C9H12N2O7. The zero-order chi connectivity index (χ0) is 13.4. The molecule has 1 aromatic heterocycles. The van der Waals surface area contributed by atoms with Crippen LogP contribution in [0.2, 0.25) is 0 Å². The zero-order valence-electron chi connectivity index (χ0n) is 9.05. The van der Waals surface area contributed by atoms with E-state index < -0.39 is 48.1 Å². The quantitative estimate of drug-likeness (QED) is 0.377. The normalized spacial score (nSPS) is 31.7. The lowest BCUT2D eigenvalue weighted by atomic mass is 10.1. The highest BCUT2D eigenvalue weighted by Crippen LogP contribution is 2.28. The average Bonchev–Trinajstić information content (AvgIpc) is 2.61. The second kappa shape index (κ2) is 4.53. The molecule has 1 aromatic rings. The van der Waals surface area contributed by atoms with E-state index in [1.165, 1.54) is 0 Å². The largest absolute Gasteiger partial charge is 0.502 e. The van der Waals surface area contributed by atoms with Gasteiger partial charge < -0.3 is 25.2 Å². The van der Waals surface area contributed by atoms with Crippen LogP contribution in [0.3, 0.4) is 0 Å². The molecule has 0 bridgehead atoms. The molecule has 2 rings (SSSR count). The Morgan fingerprint density at radius 2 is 2.00 bits per heavy atom. The minimum atomic E-state index is -1.47. The van der Waals surface area contributed by atoms with Gasteiger partial charge in [-0.1, -0.05) is 0 Å². The van der Waals surface area contributed by atoms with Crippen molar-refractivity contribution in [3.05, 3.63) is 27.0 Å². The molecule has 1 aliphatic heterocycles. The van der Waals surface area contributed by atoms with E-state index in [0.717, 1.165) is 10.8 Å². The Morgan fingerprint density at radius 3 is 2.56 bits per heavy atom. The minimum Gasteiger partial charge on any atom is -0.502 e. The van der Waals surface area contributed by atoms with Gasteiger partial charge in [0.1, 0.15) is 18.3 Å². The molecule has 0 saturated carbocycles. The molecule has 5 N–H and O–H groups in total. The standard InChI is InChI=1S/C9H12N2O7/c12-2-4-5(14)6(15)8(18-4)11-1-3(13)7(16)10-9(11)17/h1,4-6,8,12-15H,2H2,(H,10,16,17)/t4-,5-,6-,8+/m1/s1. The lowest BCUT2D eigenvalue weighted by Gasteiger charge is -2.16. The van der Waals surface area contributed by atoms with E-state index in [1.54, 1.807) is 0 Å². The number of ether oxygens (including phenoxy) is 1. The molecule has 4 atom stereocenters. The monoisotopic (exact) mass is 260 g/mol. The van der Waals surface area contributed by atoms with Crippen LogP contribution in [-0.2, 0) is 4.74 Å². The number of hydrogen-bond donors (Lipinski definition) is 5.